The number of ether oxygens (including phenoxy) is 1. The van der Waals surface area contributed by atoms with Crippen molar-refractivity contribution in [1.82, 2.24) is 9.55 Å². The number of aryl methyl sites for hydroxylation is 1. The van der Waals surface area contributed by atoms with Gasteiger partial charge in [0.2, 0.25) is 0 Å². The van der Waals surface area contributed by atoms with Crippen LogP contribution in [0, 0.1) is 0 Å². The van der Waals surface area contributed by atoms with E-state index in [-0.39, 0.29) is 23.8 Å². The van der Waals surface area contributed by atoms with E-state index < -0.39 is 17.6 Å². The molecule has 8 heteroatoms. The maximum Gasteiger partial charge on any atom is 0.416 e. The largest absolute Gasteiger partial charge is 0.416 e. The summed E-state index contributed by atoms with van der Waals surface area (Å²) in [6.45, 7) is 0.788. The second-order valence-corrected chi connectivity index (χ2v) is 7.29. The van der Waals surface area contributed by atoms with Crippen LogP contribution in [-0.4, -0.2) is 21.6 Å². The zero-order valence-corrected chi connectivity index (χ0v) is 16.9. The van der Waals surface area contributed by atoms with Crippen molar-refractivity contribution in [3.63, 3.8) is 0 Å². The second kappa shape index (κ2) is 10.3. The van der Waals surface area contributed by atoms with E-state index in [4.69, 9.17) is 10.5 Å². The number of hydrogen-bond acceptors (Lipinski definition) is 3. The number of primary amides is 1. The van der Waals surface area contributed by atoms with E-state index >= 15 is 0 Å². The number of carbonyl (C=O) groups is 1. The fourth-order valence-electron chi connectivity index (χ4n) is 3.37. The van der Waals surface area contributed by atoms with Crippen LogP contribution >= 0.6 is 0 Å². The van der Waals surface area contributed by atoms with Crippen molar-refractivity contribution < 1.29 is 22.7 Å². The molecule has 2 aromatic carbocycles. The molecule has 5 nitrogen and oxygen atoms in total. The molecule has 1 atom stereocenters. The van der Waals surface area contributed by atoms with Crippen molar-refractivity contribution in [3.8, 4) is 0 Å². The summed E-state index contributed by atoms with van der Waals surface area (Å²) in [5.74, 6) is -0.621. The van der Waals surface area contributed by atoms with Crippen molar-refractivity contribution >= 4 is 5.91 Å². The van der Waals surface area contributed by atoms with Crippen LogP contribution in [0.3, 0.4) is 0 Å². The summed E-state index contributed by atoms with van der Waals surface area (Å²) in [4.78, 5) is 15.2. The summed E-state index contributed by atoms with van der Waals surface area (Å²) in [7, 11) is 0. The number of aromatic nitrogens is 2. The van der Waals surface area contributed by atoms with Gasteiger partial charge in [0.05, 0.1) is 24.6 Å². The molecule has 0 aliphatic rings. The number of benzene rings is 2. The van der Waals surface area contributed by atoms with Gasteiger partial charge < -0.3 is 15.0 Å². The van der Waals surface area contributed by atoms with Crippen LogP contribution in [0.1, 0.15) is 40.0 Å². The van der Waals surface area contributed by atoms with E-state index in [2.05, 4.69) is 4.98 Å². The molecule has 31 heavy (non-hydrogen) atoms. The average molecular weight is 431 g/mol. The van der Waals surface area contributed by atoms with E-state index in [1.54, 1.807) is 16.8 Å². The summed E-state index contributed by atoms with van der Waals surface area (Å²) in [5.41, 5.74) is 6.07. The molecule has 0 saturated heterocycles. The molecule has 2 N–H and O–H groups in total. The average Bonchev–Trinajstić information content (AvgIpc) is 3.21. The number of imidazole rings is 1. The molecule has 1 amide bonds. The third-order valence-electron chi connectivity index (χ3n) is 4.92. The van der Waals surface area contributed by atoms with E-state index in [1.807, 2.05) is 30.3 Å². The molecule has 3 aromatic rings. The standard InChI is InChI=1S/C23H24F3N3O2/c24-23(25,26)20-12-5-4-9-18(20)10-6-11-19(31-15-17-7-2-1-3-8-17)13-29-14-21(22(27)30)28-16-29/h1-5,7-9,12,14,16,19H,6,10-11,13,15H2,(H2,27,30). The Balaban J connectivity index is 1.65. The van der Waals surface area contributed by atoms with Crippen molar-refractivity contribution in [3.05, 3.63) is 89.5 Å². The van der Waals surface area contributed by atoms with Crippen LogP contribution in [0.5, 0.6) is 0 Å². The first kappa shape index (κ1) is 22.6. The van der Waals surface area contributed by atoms with Crippen LogP contribution in [0.25, 0.3) is 0 Å². The highest BCUT2D eigenvalue weighted by molar-refractivity contribution is 5.90. The van der Waals surface area contributed by atoms with Gasteiger partial charge in [-0.1, -0.05) is 48.5 Å². The summed E-state index contributed by atoms with van der Waals surface area (Å²) in [5, 5.41) is 0. The van der Waals surface area contributed by atoms with Gasteiger partial charge in [-0.3, -0.25) is 4.79 Å². The van der Waals surface area contributed by atoms with Gasteiger partial charge in [-0.25, -0.2) is 4.98 Å². The number of nitrogens with two attached hydrogens (primary N) is 1. The van der Waals surface area contributed by atoms with E-state index in [0.717, 1.165) is 11.6 Å². The molecule has 1 heterocycles. The quantitative estimate of drug-likeness (QED) is 0.510. The van der Waals surface area contributed by atoms with Crippen molar-refractivity contribution in [2.75, 3.05) is 0 Å². The molecule has 0 bridgehead atoms. The molecular formula is C23H24F3N3O2. The highest BCUT2D eigenvalue weighted by Gasteiger charge is 2.32. The minimum atomic E-state index is -4.37. The molecular weight excluding hydrogens is 407 g/mol. The fraction of sp³-hybridized carbons (Fsp3) is 0.304. The molecule has 0 radical (unpaired) electrons. The molecule has 1 aromatic heterocycles. The molecule has 0 aliphatic carbocycles. The number of halogens is 3. The van der Waals surface area contributed by atoms with Crippen LogP contribution in [-0.2, 0) is 30.5 Å². The lowest BCUT2D eigenvalue weighted by Gasteiger charge is -2.19. The summed E-state index contributed by atoms with van der Waals surface area (Å²) < 4.78 is 47.4. The molecule has 0 spiro atoms. The van der Waals surface area contributed by atoms with Crippen molar-refractivity contribution in [1.29, 1.82) is 0 Å². The number of hydrogen-bond donors (Lipinski definition) is 1. The van der Waals surface area contributed by atoms with Gasteiger partial charge in [0, 0.05) is 12.7 Å². The summed E-state index contributed by atoms with van der Waals surface area (Å²) in [6, 6.07) is 15.3. The lowest BCUT2D eigenvalue weighted by Crippen LogP contribution is -2.20. The molecule has 3 rings (SSSR count). The maximum absolute atomic E-state index is 13.2. The Hall–Kier alpha value is -3.13. The second-order valence-electron chi connectivity index (χ2n) is 7.29. The van der Waals surface area contributed by atoms with Crippen molar-refractivity contribution in [2.24, 2.45) is 5.73 Å². The highest BCUT2D eigenvalue weighted by atomic mass is 19.4. The number of rotatable bonds is 10. The Bertz CT molecular complexity index is 987. The number of alkyl halides is 3. The lowest BCUT2D eigenvalue weighted by atomic mass is 10.00. The SMILES string of the molecule is NC(=O)c1cn(CC(CCCc2ccccc2C(F)(F)F)OCc2ccccc2)cn1. The predicted molar refractivity (Wildman–Crippen MR) is 110 cm³/mol. The topological polar surface area (TPSA) is 70.1 Å². The van der Waals surface area contributed by atoms with Crippen LogP contribution in [0.15, 0.2) is 67.1 Å². The normalized spacial score (nSPS) is 12.6. The minimum absolute atomic E-state index is 0.154. The third kappa shape index (κ3) is 6.68. The van der Waals surface area contributed by atoms with Gasteiger partial charge in [-0.2, -0.15) is 13.2 Å². The smallest absolute Gasteiger partial charge is 0.372 e. The third-order valence-corrected chi connectivity index (χ3v) is 4.92. The molecule has 0 saturated carbocycles. The Morgan fingerprint density at radius 1 is 1.10 bits per heavy atom. The Labute approximate surface area is 178 Å². The highest BCUT2D eigenvalue weighted by Crippen LogP contribution is 2.32. The number of carbonyl (C=O) groups excluding carboxylic acids is 1. The first-order valence-corrected chi connectivity index (χ1v) is 9.95. The van der Waals surface area contributed by atoms with Gasteiger partial charge in [0.1, 0.15) is 5.69 Å². The Morgan fingerprint density at radius 2 is 1.81 bits per heavy atom. The zero-order chi connectivity index (χ0) is 22.3. The van der Waals surface area contributed by atoms with Gasteiger partial charge >= 0.3 is 6.18 Å². The summed E-state index contributed by atoms with van der Waals surface area (Å²) >= 11 is 0. The Kier molecular flexibility index (Phi) is 7.46. The van der Waals surface area contributed by atoms with Crippen LogP contribution in [0.4, 0.5) is 13.2 Å². The van der Waals surface area contributed by atoms with Gasteiger partial charge in [0.25, 0.3) is 5.91 Å². The molecule has 1 unspecified atom stereocenters. The maximum atomic E-state index is 13.2. The van der Waals surface area contributed by atoms with E-state index in [0.29, 0.717) is 26.0 Å². The van der Waals surface area contributed by atoms with Crippen LogP contribution < -0.4 is 5.73 Å². The van der Waals surface area contributed by atoms with Gasteiger partial charge in [-0.15, -0.1) is 0 Å². The van der Waals surface area contributed by atoms with Gasteiger partial charge in [0.15, 0.2) is 0 Å². The predicted octanol–water partition coefficient (Wildman–Crippen LogP) is 4.61. The van der Waals surface area contributed by atoms with E-state index in [9.17, 15) is 18.0 Å². The first-order valence-electron chi connectivity index (χ1n) is 9.95. The number of nitrogens with zero attached hydrogens (tertiary/aromatic N) is 2. The first-order chi connectivity index (χ1) is 14.8. The Morgan fingerprint density at radius 3 is 2.48 bits per heavy atom. The van der Waals surface area contributed by atoms with Crippen molar-refractivity contribution in [2.45, 2.75) is 44.7 Å². The molecule has 0 fully saturated rings. The minimum Gasteiger partial charge on any atom is -0.372 e. The molecule has 164 valence electrons. The van der Waals surface area contributed by atoms with Gasteiger partial charge in [-0.05, 0) is 36.5 Å². The summed E-state index contributed by atoms with van der Waals surface area (Å²) in [6.07, 6.45) is -0.252. The fourth-order valence-corrected chi connectivity index (χ4v) is 3.37. The monoisotopic (exact) mass is 431 g/mol. The van der Waals surface area contributed by atoms with Crippen LogP contribution in [0.2, 0.25) is 0 Å². The molecule has 0 aliphatic heterocycles. The lowest BCUT2D eigenvalue weighted by molar-refractivity contribution is -0.138. The van der Waals surface area contributed by atoms with E-state index in [1.165, 1.54) is 18.5 Å². The zero-order valence-electron chi connectivity index (χ0n) is 16.9. The number of amides is 1.